The van der Waals surface area contributed by atoms with E-state index in [0.717, 1.165) is 0 Å². The average Bonchev–Trinajstić information content (AvgIpc) is 2.56. The number of thiophene rings is 1. The summed E-state index contributed by atoms with van der Waals surface area (Å²) in [4.78, 5) is 21.9. The van der Waals surface area contributed by atoms with Gasteiger partial charge in [0, 0.05) is 7.05 Å². The summed E-state index contributed by atoms with van der Waals surface area (Å²) in [6.07, 6.45) is 0. The standard InChI is InChI=1S/C8H9NO3S/c1-9-7(10)6(8(11)12)5-2-3-13-4-5/h2-4,6H,1H3,(H,9,10)(H,11,12)/t6-/m1/s1. The summed E-state index contributed by atoms with van der Waals surface area (Å²) in [7, 11) is 1.42. The van der Waals surface area contributed by atoms with Crippen molar-refractivity contribution in [2.75, 3.05) is 7.05 Å². The van der Waals surface area contributed by atoms with Crippen molar-refractivity contribution in [2.24, 2.45) is 0 Å². The number of hydrogen-bond donors (Lipinski definition) is 2. The Kier molecular flexibility index (Phi) is 3.02. The maximum atomic E-state index is 11.2. The van der Waals surface area contributed by atoms with E-state index in [4.69, 9.17) is 5.11 Å². The quantitative estimate of drug-likeness (QED) is 0.703. The molecule has 2 N–H and O–H groups in total. The summed E-state index contributed by atoms with van der Waals surface area (Å²) in [5, 5.41) is 14.5. The first-order valence-electron chi connectivity index (χ1n) is 3.63. The lowest BCUT2D eigenvalue weighted by Crippen LogP contribution is -2.30. The molecular weight excluding hydrogens is 190 g/mol. The second-order valence-electron chi connectivity index (χ2n) is 2.44. The Bertz CT molecular complexity index is 307. The Morgan fingerprint density at radius 1 is 1.62 bits per heavy atom. The van der Waals surface area contributed by atoms with Gasteiger partial charge < -0.3 is 10.4 Å². The van der Waals surface area contributed by atoms with E-state index in [1.807, 2.05) is 0 Å². The van der Waals surface area contributed by atoms with Gasteiger partial charge in [-0.3, -0.25) is 9.59 Å². The predicted molar refractivity (Wildman–Crippen MR) is 48.8 cm³/mol. The molecule has 1 heterocycles. The summed E-state index contributed by atoms with van der Waals surface area (Å²) in [5.74, 6) is -2.71. The fourth-order valence-electron chi connectivity index (χ4n) is 0.990. The van der Waals surface area contributed by atoms with Gasteiger partial charge in [0.1, 0.15) is 0 Å². The van der Waals surface area contributed by atoms with Crippen LogP contribution in [0, 0.1) is 0 Å². The highest BCUT2D eigenvalue weighted by Gasteiger charge is 2.27. The Balaban J connectivity index is 2.93. The monoisotopic (exact) mass is 199 g/mol. The fraction of sp³-hybridized carbons (Fsp3) is 0.250. The lowest BCUT2D eigenvalue weighted by Gasteiger charge is -2.07. The van der Waals surface area contributed by atoms with Crippen LogP contribution in [0.4, 0.5) is 0 Å². The maximum Gasteiger partial charge on any atom is 0.320 e. The average molecular weight is 199 g/mol. The molecule has 13 heavy (non-hydrogen) atoms. The Labute approximate surface area is 79.2 Å². The van der Waals surface area contributed by atoms with Gasteiger partial charge in [0.2, 0.25) is 5.91 Å². The fourth-order valence-corrected chi connectivity index (χ4v) is 1.68. The van der Waals surface area contributed by atoms with Crippen LogP contribution in [0.3, 0.4) is 0 Å². The van der Waals surface area contributed by atoms with Crippen LogP contribution in [0.2, 0.25) is 0 Å². The number of carbonyl (C=O) groups is 2. The molecule has 1 atom stereocenters. The smallest absolute Gasteiger partial charge is 0.320 e. The van der Waals surface area contributed by atoms with Crippen molar-refractivity contribution < 1.29 is 14.7 Å². The molecule has 0 saturated carbocycles. The van der Waals surface area contributed by atoms with Gasteiger partial charge in [-0.2, -0.15) is 11.3 Å². The summed E-state index contributed by atoms with van der Waals surface area (Å²) in [6.45, 7) is 0. The zero-order chi connectivity index (χ0) is 9.84. The molecule has 0 saturated heterocycles. The van der Waals surface area contributed by atoms with Crippen LogP contribution >= 0.6 is 11.3 Å². The molecule has 4 nitrogen and oxygen atoms in total. The number of aliphatic carboxylic acids is 1. The number of carboxylic acids is 1. The van der Waals surface area contributed by atoms with Gasteiger partial charge in [0.15, 0.2) is 5.92 Å². The molecule has 0 bridgehead atoms. The SMILES string of the molecule is CNC(=O)[C@H](C(=O)O)c1ccsc1. The van der Waals surface area contributed by atoms with E-state index in [1.54, 1.807) is 16.8 Å². The highest BCUT2D eigenvalue weighted by Crippen LogP contribution is 2.18. The largest absolute Gasteiger partial charge is 0.480 e. The molecule has 0 fully saturated rings. The Morgan fingerprint density at radius 2 is 2.31 bits per heavy atom. The van der Waals surface area contributed by atoms with Crippen LogP contribution in [-0.2, 0) is 9.59 Å². The lowest BCUT2D eigenvalue weighted by atomic mass is 10.0. The molecule has 0 aliphatic rings. The molecule has 5 heteroatoms. The second-order valence-corrected chi connectivity index (χ2v) is 3.22. The normalized spacial score (nSPS) is 12.1. The number of hydrogen-bond acceptors (Lipinski definition) is 3. The lowest BCUT2D eigenvalue weighted by molar-refractivity contribution is -0.143. The van der Waals surface area contributed by atoms with Gasteiger partial charge in [0.25, 0.3) is 0 Å². The van der Waals surface area contributed by atoms with Crippen molar-refractivity contribution >= 4 is 23.2 Å². The highest BCUT2D eigenvalue weighted by molar-refractivity contribution is 7.08. The molecule has 0 aliphatic heterocycles. The topological polar surface area (TPSA) is 66.4 Å². The van der Waals surface area contributed by atoms with Crippen molar-refractivity contribution in [1.82, 2.24) is 5.32 Å². The van der Waals surface area contributed by atoms with Crippen LogP contribution in [0.5, 0.6) is 0 Å². The van der Waals surface area contributed by atoms with E-state index in [1.165, 1.54) is 18.4 Å². The van der Waals surface area contributed by atoms with Crippen LogP contribution in [0.25, 0.3) is 0 Å². The third kappa shape index (κ3) is 2.06. The van der Waals surface area contributed by atoms with Gasteiger partial charge >= 0.3 is 5.97 Å². The minimum atomic E-state index is -1.13. The van der Waals surface area contributed by atoms with Crippen molar-refractivity contribution in [3.8, 4) is 0 Å². The number of likely N-dealkylation sites (N-methyl/N-ethyl adjacent to an activating group) is 1. The number of amides is 1. The summed E-state index contributed by atoms with van der Waals surface area (Å²) < 4.78 is 0. The minimum Gasteiger partial charge on any atom is -0.480 e. The van der Waals surface area contributed by atoms with E-state index in [2.05, 4.69) is 5.32 Å². The van der Waals surface area contributed by atoms with Gasteiger partial charge in [0.05, 0.1) is 0 Å². The number of carbonyl (C=O) groups excluding carboxylic acids is 1. The maximum absolute atomic E-state index is 11.2. The Hall–Kier alpha value is -1.36. The van der Waals surface area contributed by atoms with E-state index in [0.29, 0.717) is 5.56 Å². The molecule has 1 rings (SSSR count). The van der Waals surface area contributed by atoms with Crippen molar-refractivity contribution in [2.45, 2.75) is 5.92 Å². The second kappa shape index (κ2) is 4.04. The first-order chi connectivity index (χ1) is 6.16. The van der Waals surface area contributed by atoms with E-state index >= 15 is 0 Å². The van der Waals surface area contributed by atoms with E-state index in [9.17, 15) is 9.59 Å². The third-order valence-electron chi connectivity index (χ3n) is 1.63. The van der Waals surface area contributed by atoms with E-state index < -0.39 is 17.8 Å². The minimum absolute atomic E-state index is 0.495. The van der Waals surface area contributed by atoms with Crippen molar-refractivity contribution in [3.63, 3.8) is 0 Å². The van der Waals surface area contributed by atoms with Crippen molar-refractivity contribution in [3.05, 3.63) is 22.4 Å². The van der Waals surface area contributed by atoms with E-state index in [-0.39, 0.29) is 0 Å². The van der Waals surface area contributed by atoms with Gasteiger partial charge in [-0.25, -0.2) is 0 Å². The molecule has 1 aromatic rings. The van der Waals surface area contributed by atoms with Gasteiger partial charge in [-0.1, -0.05) is 0 Å². The molecule has 1 aromatic heterocycles. The first-order valence-corrected chi connectivity index (χ1v) is 4.57. The van der Waals surface area contributed by atoms with Crippen LogP contribution in [-0.4, -0.2) is 24.0 Å². The highest BCUT2D eigenvalue weighted by atomic mass is 32.1. The molecule has 70 valence electrons. The van der Waals surface area contributed by atoms with Gasteiger partial charge in [-0.15, -0.1) is 0 Å². The number of carboxylic acid groups (broad SMARTS) is 1. The summed E-state index contributed by atoms with van der Waals surface area (Å²) in [6, 6.07) is 1.64. The zero-order valence-corrected chi connectivity index (χ0v) is 7.80. The molecule has 0 spiro atoms. The van der Waals surface area contributed by atoms with Crippen LogP contribution < -0.4 is 5.32 Å². The summed E-state index contributed by atoms with van der Waals surface area (Å²) >= 11 is 1.37. The molecule has 0 aromatic carbocycles. The summed E-state index contributed by atoms with van der Waals surface area (Å²) in [5.41, 5.74) is 0.525. The predicted octanol–water partition coefficient (Wildman–Crippen LogP) is 0.662. The van der Waals surface area contributed by atoms with Gasteiger partial charge in [-0.05, 0) is 22.4 Å². The van der Waals surface area contributed by atoms with Crippen molar-refractivity contribution in [1.29, 1.82) is 0 Å². The van der Waals surface area contributed by atoms with Crippen LogP contribution in [0.15, 0.2) is 16.8 Å². The molecular formula is C8H9NO3S. The zero-order valence-electron chi connectivity index (χ0n) is 6.98. The molecule has 0 aliphatic carbocycles. The molecule has 1 amide bonds. The third-order valence-corrected chi connectivity index (χ3v) is 2.33. The Morgan fingerprint density at radius 3 is 2.69 bits per heavy atom. The van der Waals surface area contributed by atoms with Crippen LogP contribution in [0.1, 0.15) is 11.5 Å². The molecule has 0 unspecified atom stereocenters. The molecule has 0 radical (unpaired) electrons. The number of rotatable bonds is 3. The first kappa shape index (κ1) is 9.73. The number of nitrogens with one attached hydrogen (secondary N) is 1.